The third kappa shape index (κ3) is 4.53. The number of pyridine rings is 1. The molecule has 1 aromatic heterocycles. The Labute approximate surface area is 176 Å². The number of hydrogen-bond acceptors (Lipinski definition) is 1. The van der Waals surface area contributed by atoms with Crippen LogP contribution in [-0.2, 0) is 25.7 Å². The summed E-state index contributed by atoms with van der Waals surface area (Å²) in [6, 6.07) is 21.1. The smallest absolute Gasteiger partial charge is 0.141 e. The Bertz CT molecular complexity index is 983. The number of benzene rings is 2. The molecule has 0 unspecified atom stereocenters. The van der Waals surface area contributed by atoms with Gasteiger partial charge in [-0.25, -0.2) is 4.99 Å². The van der Waals surface area contributed by atoms with Crippen molar-refractivity contribution in [2.24, 2.45) is 4.99 Å². The summed E-state index contributed by atoms with van der Waals surface area (Å²) in [5.41, 5.74) is 9.21. The molecule has 3 rings (SSSR count). The Balaban J connectivity index is 2.50. The zero-order chi connectivity index (χ0) is 20.6. The van der Waals surface area contributed by atoms with E-state index < -0.39 is 0 Å². The van der Waals surface area contributed by atoms with Gasteiger partial charge in [-0.05, 0) is 66.6 Å². The van der Waals surface area contributed by atoms with Gasteiger partial charge in [0.05, 0.1) is 5.69 Å². The van der Waals surface area contributed by atoms with Crippen molar-refractivity contribution in [1.29, 1.82) is 0 Å². The predicted molar refractivity (Wildman–Crippen MR) is 124 cm³/mol. The number of rotatable bonds is 8. The minimum atomic E-state index is 0.991. The van der Waals surface area contributed by atoms with E-state index in [1.807, 2.05) is 0 Å². The number of nitrogens with zero attached hydrogens (tertiary/aromatic N) is 2. The van der Waals surface area contributed by atoms with Gasteiger partial charge < -0.3 is 0 Å². The Hall–Kier alpha value is -2.61. The first-order chi connectivity index (χ1) is 14.2. The van der Waals surface area contributed by atoms with E-state index in [0.717, 1.165) is 49.7 Å². The van der Waals surface area contributed by atoms with E-state index in [9.17, 15) is 0 Å². The van der Waals surface area contributed by atoms with Crippen LogP contribution in [0.3, 0.4) is 0 Å². The van der Waals surface area contributed by atoms with Crippen molar-refractivity contribution in [1.82, 2.24) is 4.57 Å². The normalized spacial score (nSPS) is 11.8. The van der Waals surface area contributed by atoms with Crippen LogP contribution in [0.5, 0.6) is 0 Å². The van der Waals surface area contributed by atoms with Gasteiger partial charge in [-0.1, -0.05) is 76.9 Å². The van der Waals surface area contributed by atoms with Gasteiger partial charge in [0.1, 0.15) is 5.49 Å². The second-order valence-corrected chi connectivity index (χ2v) is 7.53. The Morgan fingerprint density at radius 2 is 1.24 bits per heavy atom. The highest BCUT2D eigenvalue weighted by Crippen LogP contribution is 2.25. The fraction of sp³-hybridized carbons (Fsp3) is 0.370. The Kier molecular flexibility index (Phi) is 7.46. The van der Waals surface area contributed by atoms with Crippen LogP contribution in [-0.4, -0.2) is 4.57 Å². The minimum Gasteiger partial charge on any atom is -0.298 e. The van der Waals surface area contributed by atoms with E-state index in [-0.39, 0.29) is 0 Å². The predicted octanol–water partition coefficient (Wildman–Crippen LogP) is 6.74. The third-order valence-electron chi connectivity index (χ3n) is 5.53. The summed E-state index contributed by atoms with van der Waals surface area (Å²) in [5, 5.41) is 0. The fourth-order valence-electron chi connectivity index (χ4n) is 4.33. The summed E-state index contributed by atoms with van der Waals surface area (Å²) < 4.78 is 2.44. The summed E-state index contributed by atoms with van der Waals surface area (Å²) in [6.45, 7) is 9.12. The topological polar surface area (TPSA) is 17.3 Å². The van der Waals surface area contributed by atoms with Gasteiger partial charge in [0, 0.05) is 11.4 Å². The molecule has 0 aliphatic carbocycles. The van der Waals surface area contributed by atoms with Gasteiger partial charge in [0.25, 0.3) is 0 Å². The van der Waals surface area contributed by atoms with E-state index in [1.54, 1.807) is 5.56 Å². The zero-order valence-electron chi connectivity index (χ0n) is 18.4. The standard InChI is InChI=1S/C27H34N2/c1-5-15-25-23(7-3)24(8-4)27(28-21-17-11-9-12-18-21)29(26(25)16-6-2)22-19-13-10-14-20-22/h9-14,17-20H,5-8,15-16H2,1-4H3. The van der Waals surface area contributed by atoms with Crippen molar-refractivity contribution < 1.29 is 0 Å². The molecule has 152 valence electrons. The van der Waals surface area contributed by atoms with Crippen molar-refractivity contribution in [3.63, 3.8) is 0 Å². The van der Waals surface area contributed by atoms with E-state index in [4.69, 9.17) is 4.99 Å². The molecular weight excluding hydrogens is 352 g/mol. The summed E-state index contributed by atoms with van der Waals surface area (Å²) in [5.74, 6) is 0. The van der Waals surface area contributed by atoms with Crippen LogP contribution in [0.1, 0.15) is 62.9 Å². The molecule has 0 fully saturated rings. The highest BCUT2D eigenvalue weighted by atomic mass is 15.0. The first-order valence-corrected chi connectivity index (χ1v) is 11.2. The Morgan fingerprint density at radius 1 is 0.655 bits per heavy atom. The highest BCUT2D eigenvalue weighted by Gasteiger charge is 2.19. The molecule has 3 aromatic rings. The summed E-state index contributed by atoms with van der Waals surface area (Å²) >= 11 is 0. The average molecular weight is 387 g/mol. The molecule has 0 atom stereocenters. The summed E-state index contributed by atoms with van der Waals surface area (Å²) in [7, 11) is 0. The molecule has 2 aromatic carbocycles. The molecular formula is C27H34N2. The van der Waals surface area contributed by atoms with Crippen LogP contribution in [0, 0.1) is 0 Å². The molecule has 0 aliphatic rings. The molecule has 0 aliphatic heterocycles. The number of aromatic nitrogens is 1. The zero-order valence-corrected chi connectivity index (χ0v) is 18.4. The van der Waals surface area contributed by atoms with Crippen molar-refractivity contribution in [3.05, 3.63) is 88.5 Å². The minimum absolute atomic E-state index is 0.991. The molecule has 1 heterocycles. The summed E-state index contributed by atoms with van der Waals surface area (Å²) in [6.07, 6.45) is 6.54. The second kappa shape index (κ2) is 10.2. The maximum Gasteiger partial charge on any atom is 0.141 e. The quantitative estimate of drug-likeness (QED) is 0.408. The van der Waals surface area contributed by atoms with Crippen LogP contribution >= 0.6 is 0 Å². The van der Waals surface area contributed by atoms with Crippen molar-refractivity contribution in [2.75, 3.05) is 0 Å². The van der Waals surface area contributed by atoms with E-state index in [0.29, 0.717) is 0 Å². The average Bonchev–Trinajstić information content (AvgIpc) is 2.76. The van der Waals surface area contributed by atoms with Crippen LogP contribution in [0.25, 0.3) is 5.69 Å². The van der Waals surface area contributed by atoms with E-state index >= 15 is 0 Å². The van der Waals surface area contributed by atoms with Crippen molar-refractivity contribution in [2.45, 2.75) is 66.2 Å². The lowest BCUT2D eigenvalue weighted by molar-refractivity contribution is 0.735. The molecule has 0 radical (unpaired) electrons. The molecule has 29 heavy (non-hydrogen) atoms. The van der Waals surface area contributed by atoms with Crippen molar-refractivity contribution in [3.8, 4) is 5.69 Å². The first kappa shape index (κ1) is 21.1. The lowest BCUT2D eigenvalue weighted by Crippen LogP contribution is -2.30. The van der Waals surface area contributed by atoms with Crippen LogP contribution < -0.4 is 5.49 Å². The molecule has 0 amide bonds. The largest absolute Gasteiger partial charge is 0.298 e. The Morgan fingerprint density at radius 3 is 1.79 bits per heavy atom. The van der Waals surface area contributed by atoms with Gasteiger partial charge in [-0.2, -0.15) is 0 Å². The van der Waals surface area contributed by atoms with Crippen LogP contribution in [0.4, 0.5) is 5.69 Å². The molecule has 2 nitrogen and oxygen atoms in total. The van der Waals surface area contributed by atoms with E-state index in [2.05, 4.69) is 92.9 Å². The van der Waals surface area contributed by atoms with Gasteiger partial charge >= 0.3 is 0 Å². The summed E-state index contributed by atoms with van der Waals surface area (Å²) in [4.78, 5) is 5.20. The number of hydrogen-bond donors (Lipinski definition) is 0. The lowest BCUT2D eigenvalue weighted by Gasteiger charge is -2.25. The third-order valence-corrected chi connectivity index (χ3v) is 5.53. The molecule has 0 bridgehead atoms. The molecule has 0 N–H and O–H groups in total. The SMILES string of the molecule is CCCc1c(CC)c(CC)c(=Nc2ccccc2)n(-c2ccccc2)c1CCC. The molecule has 0 saturated heterocycles. The van der Waals surface area contributed by atoms with Gasteiger partial charge in [-0.3, -0.25) is 4.57 Å². The highest BCUT2D eigenvalue weighted by molar-refractivity contribution is 5.46. The molecule has 0 saturated carbocycles. The van der Waals surface area contributed by atoms with Crippen LogP contribution in [0.15, 0.2) is 65.7 Å². The molecule has 2 heteroatoms. The van der Waals surface area contributed by atoms with Crippen molar-refractivity contribution >= 4 is 5.69 Å². The maximum absolute atomic E-state index is 5.20. The molecule has 0 spiro atoms. The second-order valence-electron chi connectivity index (χ2n) is 7.53. The van der Waals surface area contributed by atoms with Gasteiger partial charge in [-0.15, -0.1) is 0 Å². The van der Waals surface area contributed by atoms with Gasteiger partial charge in [0.15, 0.2) is 0 Å². The fourth-order valence-corrected chi connectivity index (χ4v) is 4.33. The van der Waals surface area contributed by atoms with Crippen LogP contribution in [0.2, 0.25) is 0 Å². The lowest BCUT2D eigenvalue weighted by atomic mass is 9.92. The number of para-hydroxylation sites is 2. The monoisotopic (exact) mass is 386 g/mol. The maximum atomic E-state index is 5.20. The van der Waals surface area contributed by atoms with Gasteiger partial charge in [0.2, 0.25) is 0 Å². The first-order valence-electron chi connectivity index (χ1n) is 11.2. The van der Waals surface area contributed by atoms with E-state index in [1.165, 1.54) is 22.5 Å².